The van der Waals surface area contributed by atoms with Gasteiger partial charge in [0.1, 0.15) is 5.78 Å². The number of aryl methyl sites for hydroxylation is 1. The van der Waals surface area contributed by atoms with E-state index in [4.69, 9.17) is 0 Å². The molecule has 0 atom stereocenters. The molecule has 0 aromatic carbocycles. The van der Waals surface area contributed by atoms with Gasteiger partial charge in [-0.15, -0.1) is 0 Å². The van der Waals surface area contributed by atoms with Gasteiger partial charge in [-0.05, 0) is 24.3 Å². The molecule has 1 heterocycles. The van der Waals surface area contributed by atoms with Crippen LogP contribution in [0.2, 0.25) is 0 Å². The summed E-state index contributed by atoms with van der Waals surface area (Å²) in [5, 5.41) is 4.09. The number of aromatic nitrogens is 2. The first kappa shape index (κ1) is 11.4. The molecule has 0 amide bonds. The monoisotopic (exact) mass is 220 g/mol. The highest BCUT2D eigenvalue weighted by Gasteiger charge is 2.24. The van der Waals surface area contributed by atoms with Crippen molar-refractivity contribution < 1.29 is 4.79 Å². The third kappa shape index (κ3) is 2.71. The number of nitrogens with zero attached hydrogens (tertiary/aromatic N) is 2. The van der Waals surface area contributed by atoms with Crippen LogP contribution in [-0.2, 0) is 18.3 Å². The van der Waals surface area contributed by atoms with Crippen LogP contribution in [0.4, 0.5) is 0 Å². The zero-order valence-corrected chi connectivity index (χ0v) is 10.1. The first-order valence-electron chi connectivity index (χ1n) is 6.15. The SMILES string of the molecule is CC1CCC(C(=O)Cc2cnn(C)c2)CC1. The van der Waals surface area contributed by atoms with E-state index in [9.17, 15) is 4.79 Å². The van der Waals surface area contributed by atoms with Gasteiger partial charge in [-0.3, -0.25) is 9.48 Å². The van der Waals surface area contributed by atoms with Crippen molar-refractivity contribution in [1.82, 2.24) is 9.78 Å². The normalized spacial score (nSPS) is 25.6. The van der Waals surface area contributed by atoms with Gasteiger partial charge in [0.15, 0.2) is 0 Å². The summed E-state index contributed by atoms with van der Waals surface area (Å²) in [7, 11) is 1.89. The van der Waals surface area contributed by atoms with Gasteiger partial charge >= 0.3 is 0 Å². The molecule has 88 valence electrons. The van der Waals surface area contributed by atoms with Crippen LogP contribution >= 0.6 is 0 Å². The highest BCUT2D eigenvalue weighted by atomic mass is 16.1. The molecule has 2 rings (SSSR count). The highest BCUT2D eigenvalue weighted by Crippen LogP contribution is 2.29. The number of carbonyl (C=O) groups excluding carboxylic acids is 1. The van der Waals surface area contributed by atoms with Crippen LogP contribution in [-0.4, -0.2) is 15.6 Å². The van der Waals surface area contributed by atoms with Crippen molar-refractivity contribution in [2.24, 2.45) is 18.9 Å². The van der Waals surface area contributed by atoms with Crippen LogP contribution in [0.1, 0.15) is 38.2 Å². The molecule has 1 aromatic rings. The maximum Gasteiger partial charge on any atom is 0.140 e. The zero-order valence-electron chi connectivity index (χ0n) is 10.1. The second-order valence-corrected chi connectivity index (χ2v) is 5.12. The molecule has 16 heavy (non-hydrogen) atoms. The lowest BCUT2D eigenvalue weighted by atomic mass is 9.80. The minimum Gasteiger partial charge on any atom is -0.299 e. The van der Waals surface area contributed by atoms with Crippen molar-refractivity contribution in [3.8, 4) is 0 Å². The summed E-state index contributed by atoms with van der Waals surface area (Å²) in [6.45, 7) is 2.28. The number of ketones is 1. The molecule has 0 spiro atoms. The molecule has 0 radical (unpaired) electrons. The third-order valence-corrected chi connectivity index (χ3v) is 3.61. The fraction of sp³-hybridized carbons (Fsp3) is 0.692. The van der Waals surface area contributed by atoms with Crippen molar-refractivity contribution in [2.75, 3.05) is 0 Å². The second-order valence-electron chi connectivity index (χ2n) is 5.12. The van der Waals surface area contributed by atoms with Gasteiger partial charge in [0.05, 0.1) is 6.20 Å². The molecule has 0 N–H and O–H groups in total. The molecule has 1 aromatic heterocycles. The Morgan fingerprint density at radius 3 is 2.69 bits per heavy atom. The average molecular weight is 220 g/mol. The molecule has 3 heteroatoms. The van der Waals surface area contributed by atoms with E-state index < -0.39 is 0 Å². The van der Waals surface area contributed by atoms with Crippen molar-refractivity contribution in [2.45, 2.75) is 39.0 Å². The molecular formula is C13H20N2O. The summed E-state index contributed by atoms with van der Waals surface area (Å²) in [6.07, 6.45) is 8.88. The number of carbonyl (C=O) groups is 1. The largest absolute Gasteiger partial charge is 0.299 e. The summed E-state index contributed by atoms with van der Waals surface area (Å²) in [5.41, 5.74) is 1.05. The van der Waals surface area contributed by atoms with E-state index in [2.05, 4.69) is 12.0 Å². The summed E-state index contributed by atoms with van der Waals surface area (Å²) in [5.74, 6) is 1.51. The van der Waals surface area contributed by atoms with Gasteiger partial charge in [0.2, 0.25) is 0 Å². The lowest BCUT2D eigenvalue weighted by molar-refractivity contribution is -0.123. The predicted octanol–water partition coefficient (Wildman–Crippen LogP) is 2.36. The van der Waals surface area contributed by atoms with Gasteiger partial charge in [-0.1, -0.05) is 19.8 Å². The number of hydrogen-bond acceptors (Lipinski definition) is 2. The van der Waals surface area contributed by atoms with Crippen LogP contribution in [0.15, 0.2) is 12.4 Å². The Bertz CT molecular complexity index is 362. The number of Topliss-reactive ketones (excluding diaryl/α,β-unsaturated/α-hetero) is 1. The van der Waals surface area contributed by atoms with Crippen LogP contribution in [0.5, 0.6) is 0 Å². The summed E-state index contributed by atoms with van der Waals surface area (Å²) in [4.78, 5) is 12.0. The average Bonchev–Trinajstić information content (AvgIpc) is 2.65. The molecule has 0 unspecified atom stereocenters. The second kappa shape index (κ2) is 4.81. The topological polar surface area (TPSA) is 34.9 Å². The maximum absolute atomic E-state index is 12.0. The lowest BCUT2D eigenvalue weighted by Gasteiger charge is -2.24. The third-order valence-electron chi connectivity index (χ3n) is 3.61. The molecule has 0 aliphatic heterocycles. The molecule has 1 saturated carbocycles. The standard InChI is InChI=1S/C13H20N2O/c1-10-3-5-12(6-4-10)13(16)7-11-8-14-15(2)9-11/h8-10,12H,3-7H2,1-2H3. The Kier molecular flexibility index (Phi) is 3.42. The van der Waals surface area contributed by atoms with E-state index in [-0.39, 0.29) is 0 Å². The van der Waals surface area contributed by atoms with Crippen LogP contribution in [0.3, 0.4) is 0 Å². The van der Waals surface area contributed by atoms with Gasteiger partial charge < -0.3 is 0 Å². The van der Waals surface area contributed by atoms with E-state index in [1.54, 1.807) is 10.9 Å². The maximum atomic E-state index is 12.0. The van der Waals surface area contributed by atoms with Gasteiger partial charge in [-0.25, -0.2) is 0 Å². The fourth-order valence-corrected chi connectivity index (χ4v) is 2.49. The molecule has 1 fully saturated rings. The van der Waals surface area contributed by atoms with Crippen LogP contribution in [0, 0.1) is 11.8 Å². The smallest absolute Gasteiger partial charge is 0.140 e. The Labute approximate surface area is 96.8 Å². The van der Waals surface area contributed by atoms with Crippen LogP contribution in [0.25, 0.3) is 0 Å². The van der Waals surface area contributed by atoms with Crippen molar-refractivity contribution in [3.05, 3.63) is 18.0 Å². The number of rotatable bonds is 3. The van der Waals surface area contributed by atoms with Crippen molar-refractivity contribution >= 4 is 5.78 Å². The minimum absolute atomic E-state index is 0.302. The van der Waals surface area contributed by atoms with Crippen molar-refractivity contribution in [1.29, 1.82) is 0 Å². The van der Waals surface area contributed by atoms with E-state index in [0.717, 1.165) is 24.3 Å². The Morgan fingerprint density at radius 2 is 2.12 bits per heavy atom. The Hall–Kier alpha value is -1.12. The first-order valence-corrected chi connectivity index (χ1v) is 6.15. The first-order chi connectivity index (χ1) is 7.65. The number of hydrogen-bond donors (Lipinski definition) is 0. The molecule has 3 nitrogen and oxygen atoms in total. The molecular weight excluding hydrogens is 200 g/mol. The quantitative estimate of drug-likeness (QED) is 0.783. The molecule has 1 aliphatic rings. The predicted molar refractivity (Wildman–Crippen MR) is 63.0 cm³/mol. The van der Waals surface area contributed by atoms with Crippen LogP contribution < -0.4 is 0 Å². The van der Waals surface area contributed by atoms with E-state index >= 15 is 0 Å². The van der Waals surface area contributed by atoms with E-state index in [1.807, 2.05) is 13.2 Å². The Morgan fingerprint density at radius 1 is 1.44 bits per heavy atom. The van der Waals surface area contributed by atoms with Crippen molar-refractivity contribution in [3.63, 3.8) is 0 Å². The van der Waals surface area contributed by atoms with Gasteiger partial charge in [0, 0.05) is 25.6 Å². The molecule has 0 saturated heterocycles. The summed E-state index contributed by atoms with van der Waals surface area (Å²) in [6, 6.07) is 0. The van der Waals surface area contributed by atoms with Gasteiger partial charge in [0.25, 0.3) is 0 Å². The molecule has 0 bridgehead atoms. The lowest BCUT2D eigenvalue weighted by Crippen LogP contribution is -2.22. The summed E-state index contributed by atoms with van der Waals surface area (Å²) < 4.78 is 1.76. The summed E-state index contributed by atoms with van der Waals surface area (Å²) >= 11 is 0. The van der Waals surface area contributed by atoms with Gasteiger partial charge in [-0.2, -0.15) is 5.10 Å². The Balaban J connectivity index is 1.88. The minimum atomic E-state index is 0.302. The van der Waals surface area contributed by atoms with E-state index in [1.165, 1.54) is 12.8 Å². The molecule has 1 aliphatic carbocycles. The zero-order chi connectivity index (χ0) is 11.5. The van der Waals surface area contributed by atoms with E-state index in [0.29, 0.717) is 18.1 Å². The highest BCUT2D eigenvalue weighted by molar-refractivity contribution is 5.83. The fourth-order valence-electron chi connectivity index (χ4n) is 2.49.